The normalized spacial score (nSPS) is 13.7. The van der Waals surface area contributed by atoms with Gasteiger partial charge in [-0.15, -0.1) is 22.7 Å². The maximum absolute atomic E-state index is 5.56. The molecule has 0 aliphatic heterocycles. The van der Waals surface area contributed by atoms with Crippen molar-refractivity contribution in [2.75, 3.05) is 6.54 Å². The Morgan fingerprint density at radius 2 is 2.20 bits per heavy atom. The van der Waals surface area contributed by atoms with E-state index < -0.39 is 0 Å². The van der Waals surface area contributed by atoms with E-state index in [-0.39, 0.29) is 0 Å². The lowest BCUT2D eigenvalue weighted by Crippen LogP contribution is -2.02. The Morgan fingerprint density at radius 1 is 1.33 bits per heavy atom. The van der Waals surface area contributed by atoms with Gasteiger partial charge in [0.25, 0.3) is 0 Å². The first kappa shape index (κ1) is 9.51. The van der Waals surface area contributed by atoms with Crippen LogP contribution in [0.15, 0.2) is 11.4 Å². The largest absolute Gasteiger partial charge is 0.330 e. The molecule has 0 bridgehead atoms. The van der Waals surface area contributed by atoms with Crippen LogP contribution in [0.3, 0.4) is 0 Å². The van der Waals surface area contributed by atoms with E-state index in [0.717, 1.165) is 12.8 Å². The van der Waals surface area contributed by atoms with Crippen LogP contribution < -0.4 is 5.73 Å². The Balaban J connectivity index is 2.08. The fourth-order valence-electron chi connectivity index (χ4n) is 1.98. The first-order valence-electron chi connectivity index (χ1n) is 5.14. The fraction of sp³-hybridized carbons (Fsp3) is 0.364. The number of rotatable bonds is 2. The van der Waals surface area contributed by atoms with Gasteiger partial charge in [0.2, 0.25) is 0 Å². The molecule has 0 radical (unpaired) electrons. The van der Waals surface area contributed by atoms with Crippen molar-refractivity contribution in [3.05, 3.63) is 26.2 Å². The number of thiazole rings is 1. The summed E-state index contributed by atoms with van der Waals surface area (Å²) in [6, 6.07) is 2.20. The monoisotopic (exact) mass is 236 g/mol. The minimum atomic E-state index is 0.697. The summed E-state index contributed by atoms with van der Waals surface area (Å²) in [5, 5.41) is 3.36. The molecule has 0 spiro atoms. The quantitative estimate of drug-likeness (QED) is 0.870. The smallest absolute Gasteiger partial charge is 0.0948 e. The highest BCUT2D eigenvalue weighted by Gasteiger charge is 2.21. The molecule has 78 valence electrons. The van der Waals surface area contributed by atoms with Crippen LogP contribution in [-0.4, -0.2) is 11.5 Å². The summed E-state index contributed by atoms with van der Waals surface area (Å²) in [5.74, 6) is 0. The Bertz CT molecular complexity index is 484. The van der Waals surface area contributed by atoms with Gasteiger partial charge in [-0.05, 0) is 30.8 Å². The SMILES string of the molecule is NCCc1nc2c(s1)CCc1sccc1-2. The molecular formula is C11H12N2S2. The van der Waals surface area contributed by atoms with Crippen molar-refractivity contribution < 1.29 is 0 Å². The highest BCUT2D eigenvalue weighted by molar-refractivity contribution is 7.12. The minimum absolute atomic E-state index is 0.697. The summed E-state index contributed by atoms with van der Waals surface area (Å²) in [4.78, 5) is 7.64. The predicted octanol–water partition coefficient (Wildman–Crippen LogP) is 2.47. The molecule has 0 fully saturated rings. The molecule has 1 aliphatic rings. The third kappa shape index (κ3) is 1.53. The molecule has 0 atom stereocenters. The lowest BCUT2D eigenvalue weighted by Gasteiger charge is -2.09. The van der Waals surface area contributed by atoms with E-state index in [1.54, 1.807) is 0 Å². The van der Waals surface area contributed by atoms with Crippen molar-refractivity contribution in [3.63, 3.8) is 0 Å². The van der Waals surface area contributed by atoms with Gasteiger partial charge in [0.05, 0.1) is 10.7 Å². The topological polar surface area (TPSA) is 38.9 Å². The number of nitrogens with zero attached hydrogens (tertiary/aromatic N) is 1. The number of aromatic nitrogens is 1. The van der Waals surface area contributed by atoms with Crippen LogP contribution in [0.4, 0.5) is 0 Å². The number of fused-ring (bicyclic) bond motifs is 3. The number of aryl methyl sites for hydroxylation is 2. The molecule has 2 N–H and O–H groups in total. The van der Waals surface area contributed by atoms with E-state index in [1.807, 2.05) is 22.7 Å². The van der Waals surface area contributed by atoms with Crippen molar-refractivity contribution in [3.8, 4) is 11.3 Å². The molecule has 1 aliphatic carbocycles. The number of thiophene rings is 1. The average Bonchev–Trinajstić information content (AvgIpc) is 2.80. The zero-order valence-corrected chi connectivity index (χ0v) is 9.96. The van der Waals surface area contributed by atoms with Gasteiger partial charge in [-0.1, -0.05) is 0 Å². The second-order valence-corrected chi connectivity index (χ2v) is 5.84. The van der Waals surface area contributed by atoms with Gasteiger partial charge >= 0.3 is 0 Å². The lowest BCUT2D eigenvalue weighted by atomic mass is 10.0. The number of hydrogen-bond acceptors (Lipinski definition) is 4. The van der Waals surface area contributed by atoms with Crippen LogP contribution in [0, 0.1) is 0 Å². The number of hydrogen-bond donors (Lipinski definition) is 1. The lowest BCUT2D eigenvalue weighted by molar-refractivity contribution is 0.946. The Hall–Kier alpha value is -0.710. The van der Waals surface area contributed by atoms with E-state index in [1.165, 1.54) is 32.4 Å². The molecule has 2 aromatic rings. The second-order valence-electron chi connectivity index (χ2n) is 3.68. The highest BCUT2D eigenvalue weighted by Crippen LogP contribution is 2.38. The van der Waals surface area contributed by atoms with E-state index in [0.29, 0.717) is 6.54 Å². The number of nitrogens with two attached hydrogens (primary N) is 1. The van der Waals surface area contributed by atoms with Crippen molar-refractivity contribution >= 4 is 22.7 Å². The summed E-state index contributed by atoms with van der Waals surface area (Å²) in [6.45, 7) is 0.697. The molecule has 2 heterocycles. The molecule has 0 aromatic carbocycles. The summed E-state index contributed by atoms with van der Waals surface area (Å²) in [5.41, 5.74) is 8.15. The van der Waals surface area contributed by atoms with Crippen molar-refractivity contribution in [2.45, 2.75) is 19.3 Å². The van der Waals surface area contributed by atoms with Gasteiger partial charge in [-0.2, -0.15) is 0 Å². The molecular weight excluding hydrogens is 224 g/mol. The van der Waals surface area contributed by atoms with E-state index >= 15 is 0 Å². The molecule has 2 nitrogen and oxygen atoms in total. The van der Waals surface area contributed by atoms with Gasteiger partial charge < -0.3 is 5.73 Å². The van der Waals surface area contributed by atoms with E-state index in [9.17, 15) is 0 Å². The third-order valence-electron chi connectivity index (χ3n) is 2.68. The van der Waals surface area contributed by atoms with Gasteiger partial charge in [0.1, 0.15) is 0 Å². The van der Waals surface area contributed by atoms with Crippen LogP contribution in [0.1, 0.15) is 14.8 Å². The van der Waals surface area contributed by atoms with Crippen molar-refractivity contribution in [1.82, 2.24) is 4.98 Å². The van der Waals surface area contributed by atoms with Crippen molar-refractivity contribution in [1.29, 1.82) is 0 Å². The van der Waals surface area contributed by atoms with E-state index in [2.05, 4.69) is 11.4 Å². The molecule has 0 saturated heterocycles. The maximum Gasteiger partial charge on any atom is 0.0948 e. The van der Waals surface area contributed by atoms with Gasteiger partial charge in [-0.25, -0.2) is 4.98 Å². The summed E-state index contributed by atoms with van der Waals surface area (Å²) in [7, 11) is 0. The molecule has 15 heavy (non-hydrogen) atoms. The predicted molar refractivity (Wildman–Crippen MR) is 65.6 cm³/mol. The van der Waals surface area contributed by atoms with Crippen LogP contribution in [0.5, 0.6) is 0 Å². The molecule has 0 saturated carbocycles. The minimum Gasteiger partial charge on any atom is -0.330 e. The summed E-state index contributed by atoms with van der Waals surface area (Å²) >= 11 is 3.69. The standard InChI is InChI=1S/C11H12N2S2/c12-5-3-10-13-11-7-4-6-14-8(7)1-2-9(11)15-10/h4,6H,1-3,5,12H2. The molecule has 0 amide bonds. The summed E-state index contributed by atoms with van der Waals surface area (Å²) < 4.78 is 0. The first-order chi connectivity index (χ1) is 7.38. The Labute approximate surface area is 96.8 Å². The van der Waals surface area contributed by atoms with Crippen LogP contribution in [0.25, 0.3) is 11.3 Å². The van der Waals surface area contributed by atoms with E-state index in [4.69, 9.17) is 10.7 Å². The zero-order valence-electron chi connectivity index (χ0n) is 8.32. The highest BCUT2D eigenvalue weighted by atomic mass is 32.1. The first-order valence-corrected chi connectivity index (χ1v) is 6.83. The van der Waals surface area contributed by atoms with Gasteiger partial charge in [0, 0.05) is 21.7 Å². The Kier molecular flexibility index (Phi) is 2.35. The average molecular weight is 236 g/mol. The molecule has 0 unspecified atom stereocenters. The molecule has 3 rings (SSSR count). The fourth-order valence-corrected chi connectivity index (χ4v) is 3.96. The summed E-state index contributed by atoms with van der Waals surface area (Å²) in [6.07, 6.45) is 3.26. The molecule has 2 aromatic heterocycles. The third-order valence-corrected chi connectivity index (χ3v) is 4.84. The molecule has 4 heteroatoms. The van der Waals surface area contributed by atoms with Crippen LogP contribution in [-0.2, 0) is 19.3 Å². The second kappa shape index (κ2) is 3.70. The van der Waals surface area contributed by atoms with Crippen LogP contribution >= 0.6 is 22.7 Å². The maximum atomic E-state index is 5.56. The van der Waals surface area contributed by atoms with Crippen LogP contribution in [0.2, 0.25) is 0 Å². The van der Waals surface area contributed by atoms with Gasteiger partial charge in [-0.3, -0.25) is 0 Å². The van der Waals surface area contributed by atoms with Crippen molar-refractivity contribution in [2.24, 2.45) is 5.73 Å². The van der Waals surface area contributed by atoms with Gasteiger partial charge in [0.15, 0.2) is 0 Å². The Morgan fingerprint density at radius 3 is 3.07 bits per heavy atom. The zero-order chi connectivity index (χ0) is 10.3.